The van der Waals surface area contributed by atoms with E-state index in [9.17, 15) is 8.42 Å². The van der Waals surface area contributed by atoms with Gasteiger partial charge in [0, 0.05) is 39.1 Å². The lowest BCUT2D eigenvalue weighted by Crippen LogP contribution is -2.47. The van der Waals surface area contributed by atoms with Gasteiger partial charge in [-0.05, 0) is 17.7 Å². The largest absolute Gasteiger partial charge is 0.348 e. The number of fused-ring (bicyclic) bond motifs is 1. The molecule has 1 aromatic carbocycles. The molecule has 21 heavy (non-hydrogen) atoms. The molecule has 1 aromatic heterocycles. The summed E-state index contributed by atoms with van der Waals surface area (Å²) >= 11 is 0. The number of benzene rings is 1. The summed E-state index contributed by atoms with van der Waals surface area (Å²) in [6.45, 7) is 1.15. The van der Waals surface area contributed by atoms with Gasteiger partial charge in [-0.15, -0.1) is 0 Å². The number of hydrogen-bond acceptors (Lipinski definition) is 2. The monoisotopic (exact) mass is 305 g/mol. The van der Waals surface area contributed by atoms with Crippen molar-refractivity contribution >= 4 is 10.2 Å². The first kappa shape index (κ1) is 14.3. The Morgan fingerprint density at radius 2 is 1.76 bits per heavy atom. The van der Waals surface area contributed by atoms with Gasteiger partial charge in [0.2, 0.25) is 0 Å². The number of aromatic nitrogens is 1. The van der Waals surface area contributed by atoms with Crippen LogP contribution in [0, 0.1) is 0 Å². The predicted molar refractivity (Wildman–Crippen MR) is 82.0 cm³/mol. The van der Waals surface area contributed by atoms with E-state index >= 15 is 0 Å². The standard InChI is InChI=1S/C15H19N3O2S/c1-16(2)21(19,20)18-12-11-17-10-6-9-14(17)15(18)13-7-4-3-5-8-13/h3-10,15H,11-12H2,1-2H3/t15-/m0/s1. The van der Waals surface area contributed by atoms with E-state index in [2.05, 4.69) is 4.57 Å². The van der Waals surface area contributed by atoms with Gasteiger partial charge in [-0.1, -0.05) is 30.3 Å². The van der Waals surface area contributed by atoms with Crippen molar-refractivity contribution in [2.24, 2.45) is 0 Å². The summed E-state index contributed by atoms with van der Waals surface area (Å²) in [6, 6.07) is 13.5. The van der Waals surface area contributed by atoms with E-state index in [0.717, 1.165) is 11.3 Å². The molecular weight excluding hydrogens is 286 g/mol. The average Bonchev–Trinajstić information content (AvgIpc) is 2.95. The highest BCUT2D eigenvalue weighted by Gasteiger charge is 2.37. The molecule has 3 rings (SSSR count). The Hall–Kier alpha value is -1.63. The van der Waals surface area contributed by atoms with Crippen LogP contribution in [0.1, 0.15) is 17.3 Å². The average molecular weight is 305 g/mol. The van der Waals surface area contributed by atoms with Gasteiger partial charge in [0.15, 0.2) is 0 Å². The smallest absolute Gasteiger partial charge is 0.282 e. The molecule has 1 aliphatic heterocycles. The third-order valence-corrected chi connectivity index (χ3v) is 5.78. The summed E-state index contributed by atoms with van der Waals surface area (Å²) < 4.78 is 30.3. The van der Waals surface area contributed by atoms with Crippen LogP contribution in [-0.4, -0.2) is 42.2 Å². The van der Waals surface area contributed by atoms with E-state index in [1.54, 1.807) is 18.4 Å². The number of nitrogens with zero attached hydrogens (tertiary/aromatic N) is 3. The minimum absolute atomic E-state index is 0.276. The van der Waals surface area contributed by atoms with E-state index < -0.39 is 10.2 Å². The fourth-order valence-electron chi connectivity index (χ4n) is 2.79. The van der Waals surface area contributed by atoms with Crippen molar-refractivity contribution in [1.82, 2.24) is 13.2 Å². The molecule has 6 heteroatoms. The molecule has 0 saturated carbocycles. The van der Waals surface area contributed by atoms with E-state index in [0.29, 0.717) is 13.1 Å². The number of hydrogen-bond donors (Lipinski definition) is 0. The van der Waals surface area contributed by atoms with Crippen LogP contribution in [0.5, 0.6) is 0 Å². The van der Waals surface area contributed by atoms with Gasteiger partial charge in [0.1, 0.15) is 0 Å². The molecule has 1 aliphatic rings. The van der Waals surface area contributed by atoms with E-state index in [1.807, 2.05) is 48.7 Å². The zero-order chi connectivity index (χ0) is 15.0. The Kier molecular flexibility index (Phi) is 3.61. The SMILES string of the molecule is CN(C)S(=O)(=O)N1CCn2cccc2[C@@H]1c1ccccc1. The van der Waals surface area contributed by atoms with Crippen molar-refractivity contribution in [3.8, 4) is 0 Å². The van der Waals surface area contributed by atoms with Crippen molar-refractivity contribution in [3.05, 3.63) is 59.9 Å². The number of rotatable bonds is 3. The summed E-state index contributed by atoms with van der Waals surface area (Å²) in [4.78, 5) is 0. The summed E-state index contributed by atoms with van der Waals surface area (Å²) in [7, 11) is -0.316. The lowest BCUT2D eigenvalue weighted by atomic mass is 10.0. The lowest BCUT2D eigenvalue weighted by molar-refractivity contribution is 0.281. The lowest BCUT2D eigenvalue weighted by Gasteiger charge is -2.37. The van der Waals surface area contributed by atoms with Crippen LogP contribution in [0.15, 0.2) is 48.7 Å². The van der Waals surface area contributed by atoms with Crippen molar-refractivity contribution in [3.63, 3.8) is 0 Å². The van der Waals surface area contributed by atoms with Gasteiger partial charge in [-0.2, -0.15) is 17.0 Å². The summed E-state index contributed by atoms with van der Waals surface area (Å²) in [5.74, 6) is 0. The first-order chi connectivity index (χ1) is 10.0. The Morgan fingerprint density at radius 1 is 1.05 bits per heavy atom. The molecule has 5 nitrogen and oxygen atoms in total. The van der Waals surface area contributed by atoms with Gasteiger partial charge in [0.25, 0.3) is 10.2 Å². The minimum atomic E-state index is -3.46. The van der Waals surface area contributed by atoms with Gasteiger partial charge in [-0.25, -0.2) is 0 Å². The molecule has 0 unspecified atom stereocenters. The van der Waals surface area contributed by atoms with Crippen LogP contribution in [0.2, 0.25) is 0 Å². The second kappa shape index (κ2) is 5.29. The molecule has 0 saturated heterocycles. The highest BCUT2D eigenvalue weighted by molar-refractivity contribution is 7.86. The third kappa shape index (κ3) is 2.39. The fraction of sp³-hybridized carbons (Fsp3) is 0.333. The predicted octanol–water partition coefficient (Wildman–Crippen LogP) is 1.70. The first-order valence-electron chi connectivity index (χ1n) is 6.91. The topological polar surface area (TPSA) is 45.6 Å². The molecular formula is C15H19N3O2S. The molecule has 0 amide bonds. The van der Waals surface area contributed by atoms with Crippen LogP contribution >= 0.6 is 0 Å². The van der Waals surface area contributed by atoms with Crippen molar-refractivity contribution in [1.29, 1.82) is 0 Å². The van der Waals surface area contributed by atoms with Gasteiger partial charge >= 0.3 is 0 Å². The molecule has 112 valence electrons. The van der Waals surface area contributed by atoms with Crippen LogP contribution in [-0.2, 0) is 16.8 Å². The molecule has 2 heterocycles. The zero-order valence-electron chi connectivity index (χ0n) is 12.2. The van der Waals surface area contributed by atoms with E-state index in [-0.39, 0.29) is 6.04 Å². The summed E-state index contributed by atoms with van der Waals surface area (Å²) in [6.07, 6.45) is 2.00. The zero-order valence-corrected chi connectivity index (χ0v) is 13.0. The van der Waals surface area contributed by atoms with Gasteiger partial charge < -0.3 is 4.57 Å². The summed E-state index contributed by atoms with van der Waals surface area (Å²) in [5.41, 5.74) is 2.00. The maximum atomic E-state index is 12.6. The quantitative estimate of drug-likeness (QED) is 0.866. The highest BCUT2D eigenvalue weighted by Crippen LogP contribution is 2.34. The van der Waals surface area contributed by atoms with E-state index in [1.165, 1.54) is 4.31 Å². The second-order valence-electron chi connectivity index (χ2n) is 5.34. The minimum Gasteiger partial charge on any atom is -0.348 e. The molecule has 0 bridgehead atoms. The van der Waals surface area contributed by atoms with Crippen molar-refractivity contribution < 1.29 is 8.42 Å². The Balaban J connectivity index is 2.14. The normalized spacial score (nSPS) is 19.7. The Bertz CT molecular complexity index is 722. The molecule has 0 aliphatic carbocycles. The second-order valence-corrected chi connectivity index (χ2v) is 7.44. The molecule has 0 spiro atoms. The maximum Gasteiger partial charge on any atom is 0.282 e. The van der Waals surface area contributed by atoms with Crippen molar-refractivity contribution in [2.75, 3.05) is 20.6 Å². The summed E-state index contributed by atoms with van der Waals surface area (Å²) in [5, 5.41) is 0. The van der Waals surface area contributed by atoms with Gasteiger partial charge in [-0.3, -0.25) is 0 Å². The fourth-order valence-corrected chi connectivity index (χ4v) is 4.02. The Labute approximate surface area is 125 Å². The molecule has 0 N–H and O–H groups in total. The molecule has 2 aromatic rings. The van der Waals surface area contributed by atoms with Crippen LogP contribution in [0.4, 0.5) is 0 Å². The highest BCUT2D eigenvalue weighted by atomic mass is 32.2. The Morgan fingerprint density at radius 3 is 2.43 bits per heavy atom. The third-order valence-electron chi connectivity index (χ3n) is 3.87. The van der Waals surface area contributed by atoms with Crippen molar-refractivity contribution in [2.45, 2.75) is 12.6 Å². The van der Waals surface area contributed by atoms with Crippen LogP contribution in [0.3, 0.4) is 0 Å². The molecule has 1 atom stereocenters. The molecule has 0 radical (unpaired) electrons. The van der Waals surface area contributed by atoms with Gasteiger partial charge in [0.05, 0.1) is 6.04 Å². The molecule has 0 fully saturated rings. The van der Waals surface area contributed by atoms with Crippen LogP contribution in [0.25, 0.3) is 0 Å². The maximum absolute atomic E-state index is 12.6. The van der Waals surface area contributed by atoms with E-state index in [4.69, 9.17) is 0 Å². The van der Waals surface area contributed by atoms with Crippen LogP contribution < -0.4 is 0 Å². The first-order valence-corrected chi connectivity index (χ1v) is 8.31.